The van der Waals surface area contributed by atoms with Crippen molar-refractivity contribution in [2.75, 3.05) is 17.2 Å². The van der Waals surface area contributed by atoms with Crippen molar-refractivity contribution in [2.24, 2.45) is 0 Å². The van der Waals surface area contributed by atoms with Gasteiger partial charge in [-0.15, -0.1) is 11.3 Å². The van der Waals surface area contributed by atoms with Crippen molar-refractivity contribution in [3.05, 3.63) is 47.4 Å². The van der Waals surface area contributed by atoms with E-state index in [0.717, 1.165) is 27.2 Å². The number of carbonyl (C=O) groups excluding carboxylic acids is 1. The molecule has 1 amide bonds. The zero-order valence-corrected chi connectivity index (χ0v) is 16.3. The van der Waals surface area contributed by atoms with Crippen LogP contribution >= 0.6 is 11.3 Å². The summed E-state index contributed by atoms with van der Waals surface area (Å²) in [6.07, 6.45) is 3.17. The number of nitrogens with zero attached hydrogens (tertiary/aromatic N) is 4. The maximum absolute atomic E-state index is 12.0. The molecule has 0 saturated carbocycles. The van der Waals surface area contributed by atoms with Gasteiger partial charge < -0.3 is 5.32 Å². The number of aromatic nitrogens is 5. The van der Waals surface area contributed by atoms with Gasteiger partial charge in [-0.25, -0.2) is 15.1 Å². The Morgan fingerprint density at radius 3 is 2.68 bits per heavy atom. The van der Waals surface area contributed by atoms with Crippen LogP contribution in [0.5, 0.6) is 0 Å². The number of amides is 1. The van der Waals surface area contributed by atoms with E-state index < -0.39 is 0 Å². The van der Waals surface area contributed by atoms with Crippen LogP contribution in [0.4, 0.5) is 11.8 Å². The minimum absolute atomic E-state index is 0.158. The molecule has 0 radical (unpaired) electrons. The first-order chi connectivity index (χ1) is 13.6. The number of aryl methyl sites for hydroxylation is 2. The van der Waals surface area contributed by atoms with Crippen LogP contribution in [0.2, 0.25) is 0 Å². The molecule has 9 heteroatoms. The lowest BCUT2D eigenvalue weighted by molar-refractivity contribution is -0.116. The summed E-state index contributed by atoms with van der Waals surface area (Å²) in [5.41, 5.74) is 3.48. The molecule has 0 atom stereocenters. The molecule has 1 aromatic carbocycles. The summed E-state index contributed by atoms with van der Waals surface area (Å²) in [5, 5.41) is 13.2. The van der Waals surface area contributed by atoms with Gasteiger partial charge >= 0.3 is 0 Å². The monoisotopic (exact) mass is 393 g/mol. The van der Waals surface area contributed by atoms with E-state index in [-0.39, 0.29) is 12.3 Å². The Hall–Kier alpha value is -3.33. The first-order valence-electron chi connectivity index (χ1n) is 8.82. The lowest BCUT2D eigenvalue weighted by Crippen LogP contribution is -2.17. The number of hydrogen-bond donors (Lipinski definition) is 3. The van der Waals surface area contributed by atoms with E-state index >= 15 is 0 Å². The van der Waals surface area contributed by atoms with Crippen LogP contribution < -0.4 is 10.6 Å². The van der Waals surface area contributed by atoms with Crippen LogP contribution in [-0.2, 0) is 4.79 Å². The molecule has 8 nitrogen and oxygen atoms in total. The SMILES string of the molecule is Cc1ccc(-c2c(C)sc3ncnc(NCCC(=O)Nc4ncn[nH]4)c23)cc1. The van der Waals surface area contributed by atoms with Crippen LogP contribution in [0.3, 0.4) is 0 Å². The zero-order valence-electron chi connectivity index (χ0n) is 15.5. The standard InChI is InChI=1S/C19H19N7OS/c1-11-3-5-13(6-4-11)15-12(2)28-18-16(15)17(21-9-22-18)20-8-7-14(27)25-19-23-10-24-26-19/h3-6,9-10H,7-8H2,1-2H3,(H,20,21,22)(H2,23,24,25,26,27). The highest BCUT2D eigenvalue weighted by Gasteiger charge is 2.16. The highest BCUT2D eigenvalue weighted by Crippen LogP contribution is 2.40. The summed E-state index contributed by atoms with van der Waals surface area (Å²) in [7, 11) is 0. The Balaban J connectivity index is 1.55. The summed E-state index contributed by atoms with van der Waals surface area (Å²) >= 11 is 1.64. The van der Waals surface area contributed by atoms with E-state index in [1.165, 1.54) is 16.8 Å². The third-order valence-corrected chi connectivity index (χ3v) is 5.34. The molecule has 0 aliphatic rings. The quantitative estimate of drug-likeness (QED) is 0.462. The van der Waals surface area contributed by atoms with Crippen molar-refractivity contribution >= 4 is 39.2 Å². The van der Waals surface area contributed by atoms with Crippen molar-refractivity contribution in [1.29, 1.82) is 0 Å². The summed E-state index contributed by atoms with van der Waals surface area (Å²) in [5.74, 6) is 0.914. The number of thiophene rings is 1. The second-order valence-corrected chi connectivity index (χ2v) is 7.56. The molecule has 3 heterocycles. The molecular formula is C19H19N7OS. The van der Waals surface area contributed by atoms with Gasteiger partial charge in [0.25, 0.3) is 0 Å². The van der Waals surface area contributed by atoms with Gasteiger partial charge in [-0.05, 0) is 19.4 Å². The molecular weight excluding hydrogens is 374 g/mol. The van der Waals surface area contributed by atoms with Gasteiger partial charge in [0.2, 0.25) is 11.9 Å². The molecule has 0 saturated heterocycles. The van der Waals surface area contributed by atoms with E-state index in [0.29, 0.717) is 12.5 Å². The predicted molar refractivity (Wildman–Crippen MR) is 110 cm³/mol. The second kappa shape index (κ2) is 7.73. The smallest absolute Gasteiger partial charge is 0.228 e. The Labute approximate surface area is 165 Å². The highest BCUT2D eigenvalue weighted by molar-refractivity contribution is 7.19. The Bertz CT molecular complexity index is 1100. The lowest BCUT2D eigenvalue weighted by Gasteiger charge is -2.09. The minimum Gasteiger partial charge on any atom is -0.369 e. The van der Waals surface area contributed by atoms with Gasteiger partial charge in [-0.1, -0.05) is 29.8 Å². The molecule has 0 aliphatic carbocycles. The van der Waals surface area contributed by atoms with Crippen molar-refractivity contribution in [3.63, 3.8) is 0 Å². The van der Waals surface area contributed by atoms with Gasteiger partial charge in [0.05, 0.1) is 5.39 Å². The molecule has 0 unspecified atom stereocenters. The molecule has 4 aromatic rings. The Morgan fingerprint density at radius 1 is 1.11 bits per heavy atom. The number of rotatable bonds is 6. The van der Waals surface area contributed by atoms with Crippen LogP contribution in [-0.4, -0.2) is 37.6 Å². The first kappa shape index (κ1) is 18.1. The molecule has 0 bridgehead atoms. The molecule has 28 heavy (non-hydrogen) atoms. The number of H-pyrrole nitrogens is 1. The molecule has 0 aliphatic heterocycles. The number of carbonyl (C=O) groups is 1. The summed E-state index contributed by atoms with van der Waals surface area (Å²) in [4.78, 5) is 26.9. The number of nitrogens with one attached hydrogen (secondary N) is 3. The highest BCUT2D eigenvalue weighted by atomic mass is 32.1. The fourth-order valence-electron chi connectivity index (χ4n) is 3.00. The molecule has 3 N–H and O–H groups in total. The van der Waals surface area contributed by atoms with E-state index in [1.807, 2.05) is 0 Å². The van der Waals surface area contributed by atoms with Crippen LogP contribution in [0.15, 0.2) is 36.9 Å². The van der Waals surface area contributed by atoms with Crippen molar-refractivity contribution in [1.82, 2.24) is 25.1 Å². The normalized spacial score (nSPS) is 10.9. The maximum atomic E-state index is 12.0. The number of fused-ring (bicyclic) bond motifs is 1. The lowest BCUT2D eigenvalue weighted by atomic mass is 10.0. The van der Waals surface area contributed by atoms with Gasteiger partial charge in [0.1, 0.15) is 23.3 Å². The van der Waals surface area contributed by atoms with Crippen molar-refractivity contribution < 1.29 is 4.79 Å². The Kier molecular flexibility index (Phi) is 4.98. The topological polar surface area (TPSA) is 108 Å². The molecule has 3 aromatic heterocycles. The average Bonchev–Trinajstić information content (AvgIpc) is 3.30. The third kappa shape index (κ3) is 3.70. The van der Waals surface area contributed by atoms with E-state index in [9.17, 15) is 4.79 Å². The predicted octanol–water partition coefficient (Wildman–Crippen LogP) is 3.53. The van der Waals surface area contributed by atoms with E-state index in [4.69, 9.17) is 0 Å². The van der Waals surface area contributed by atoms with Crippen molar-refractivity contribution in [3.8, 4) is 11.1 Å². The van der Waals surface area contributed by atoms with Gasteiger partial charge in [0, 0.05) is 23.4 Å². The Morgan fingerprint density at radius 2 is 1.93 bits per heavy atom. The van der Waals surface area contributed by atoms with Crippen LogP contribution in [0, 0.1) is 13.8 Å². The average molecular weight is 393 g/mol. The molecule has 0 fully saturated rings. The maximum Gasteiger partial charge on any atom is 0.228 e. The fraction of sp³-hybridized carbons (Fsp3) is 0.211. The summed E-state index contributed by atoms with van der Waals surface area (Å²) < 4.78 is 0. The third-order valence-electron chi connectivity index (χ3n) is 4.32. The fourth-order valence-corrected chi connectivity index (χ4v) is 4.01. The van der Waals surface area contributed by atoms with E-state index in [1.54, 1.807) is 17.7 Å². The van der Waals surface area contributed by atoms with Crippen LogP contribution in [0.25, 0.3) is 21.3 Å². The van der Waals surface area contributed by atoms with E-state index in [2.05, 4.69) is 73.9 Å². The molecule has 4 rings (SSSR count). The second-order valence-electron chi connectivity index (χ2n) is 6.36. The van der Waals surface area contributed by atoms with Crippen LogP contribution in [0.1, 0.15) is 16.9 Å². The zero-order chi connectivity index (χ0) is 19.5. The summed E-state index contributed by atoms with van der Waals surface area (Å²) in [6, 6.07) is 8.43. The van der Waals surface area contributed by atoms with Gasteiger partial charge in [0.15, 0.2) is 0 Å². The minimum atomic E-state index is -0.158. The first-order valence-corrected chi connectivity index (χ1v) is 9.63. The van der Waals surface area contributed by atoms with Gasteiger partial charge in [-0.2, -0.15) is 10.1 Å². The number of aromatic amines is 1. The number of benzene rings is 1. The number of anilines is 2. The van der Waals surface area contributed by atoms with Crippen molar-refractivity contribution in [2.45, 2.75) is 20.3 Å². The molecule has 142 valence electrons. The summed E-state index contributed by atoms with van der Waals surface area (Å²) in [6.45, 7) is 4.60. The van der Waals surface area contributed by atoms with Gasteiger partial charge in [-0.3, -0.25) is 10.1 Å². The largest absolute Gasteiger partial charge is 0.369 e. The molecule has 0 spiro atoms. The number of hydrogen-bond acceptors (Lipinski definition) is 7.